The van der Waals surface area contributed by atoms with Gasteiger partial charge in [0.2, 0.25) is 0 Å². The van der Waals surface area contributed by atoms with Gasteiger partial charge in [0.15, 0.2) is 28.7 Å². The van der Waals surface area contributed by atoms with Gasteiger partial charge in [0.25, 0.3) is 0 Å². The number of aliphatic hydroxyl groups excluding tert-OH is 1. The molecule has 0 amide bonds. The Labute approximate surface area is 254 Å². The number of Topliss-reactive ketones (excluding diaryl/α,β-unsaturated/α-hetero) is 5. The maximum absolute atomic E-state index is 14.7. The van der Waals surface area contributed by atoms with Crippen LogP contribution in [0.4, 0.5) is 0 Å². The van der Waals surface area contributed by atoms with E-state index in [4.69, 9.17) is 0 Å². The molecule has 8 nitrogen and oxygen atoms in total. The molecule has 0 radical (unpaired) electrons. The number of hydrogen-bond acceptors (Lipinski definition) is 8. The summed E-state index contributed by atoms with van der Waals surface area (Å²) in [4.78, 5) is 69.4. The molecule has 2 fully saturated rings. The van der Waals surface area contributed by atoms with Crippen LogP contribution in [0.25, 0.3) is 22.4 Å². The zero-order valence-electron chi connectivity index (χ0n) is 25.1. The third-order valence-electron chi connectivity index (χ3n) is 10.6. The lowest BCUT2D eigenvalue weighted by atomic mass is 9.38. The fraction of sp³-hybridized carbons (Fsp3) is 0.361. The van der Waals surface area contributed by atoms with Crippen molar-refractivity contribution in [2.24, 2.45) is 34.5 Å². The molecular formula is C36H34O8. The first-order chi connectivity index (χ1) is 20.6. The molecule has 7 atom stereocenters. The Morgan fingerprint density at radius 2 is 1.57 bits per heavy atom. The third-order valence-corrected chi connectivity index (χ3v) is 10.6. The van der Waals surface area contributed by atoms with E-state index in [9.17, 15) is 39.3 Å². The van der Waals surface area contributed by atoms with Crippen molar-refractivity contribution in [3.63, 3.8) is 0 Å². The van der Waals surface area contributed by atoms with Gasteiger partial charge in [-0.05, 0) is 52.4 Å². The van der Waals surface area contributed by atoms with Gasteiger partial charge in [0, 0.05) is 16.7 Å². The second-order valence-electron chi connectivity index (χ2n) is 13.2. The van der Waals surface area contributed by atoms with Gasteiger partial charge >= 0.3 is 0 Å². The van der Waals surface area contributed by atoms with Crippen LogP contribution in [0.1, 0.15) is 56.1 Å². The van der Waals surface area contributed by atoms with E-state index in [0.29, 0.717) is 16.7 Å². The lowest BCUT2D eigenvalue weighted by Crippen LogP contribution is -2.81. The number of aromatic hydroxyl groups is 1. The van der Waals surface area contributed by atoms with Gasteiger partial charge in [-0.25, -0.2) is 0 Å². The summed E-state index contributed by atoms with van der Waals surface area (Å²) in [5.74, 6) is -11.0. The first-order valence-electron chi connectivity index (χ1n) is 14.7. The summed E-state index contributed by atoms with van der Waals surface area (Å²) in [7, 11) is 0. The molecule has 226 valence electrons. The first kappa shape index (κ1) is 29.8. The van der Waals surface area contributed by atoms with Gasteiger partial charge in [-0.15, -0.1) is 0 Å². The number of phenols is 1. The molecule has 8 heteroatoms. The van der Waals surface area contributed by atoms with Gasteiger partial charge < -0.3 is 15.3 Å². The summed E-state index contributed by atoms with van der Waals surface area (Å²) in [5.41, 5.74) is -5.73. The monoisotopic (exact) mass is 594 g/mol. The molecule has 0 aromatic heterocycles. The van der Waals surface area contributed by atoms with Crippen LogP contribution in [-0.4, -0.2) is 55.9 Å². The molecule has 3 aliphatic carbocycles. The molecule has 0 aliphatic heterocycles. The highest BCUT2D eigenvalue weighted by Gasteiger charge is 2.80. The number of phenolic OH excluding ortho intramolecular Hbond substituents is 1. The number of aliphatic hydroxyl groups is 2. The maximum Gasteiger partial charge on any atom is 0.191 e. The van der Waals surface area contributed by atoms with E-state index in [1.165, 1.54) is 19.9 Å². The Balaban J connectivity index is 1.69. The summed E-state index contributed by atoms with van der Waals surface area (Å²) in [6.07, 6.45) is -0.0501. The zero-order chi connectivity index (χ0) is 32.1. The summed E-state index contributed by atoms with van der Waals surface area (Å²) in [5, 5.41) is 37.7. The molecule has 0 bridgehead atoms. The fourth-order valence-electron chi connectivity index (χ4n) is 8.58. The summed E-state index contributed by atoms with van der Waals surface area (Å²) >= 11 is 0. The predicted octanol–water partition coefficient (Wildman–Crippen LogP) is 4.22. The molecule has 6 rings (SSSR count). The minimum Gasteiger partial charge on any atom is -0.507 e. The average molecular weight is 595 g/mol. The van der Waals surface area contributed by atoms with Crippen LogP contribution < -0.4 is 0 Å². The Morgan fingerprint density at radius 3 is 2.20 bits per heavy atom. The summed E-state index contributed by atoms with van der Waals surface area (Å²) in [6.45, 7) is 7.24. The first-order valence-corrected chi connectivity index (χ1v) is 14.7. The molecule has 0 saturated heterocycles. The molecule has 3 aliphatic rings. The molecule has 3 aromatic carbocycles. The smallest absolute Gasteiger partial charge is 0.191 e. The number of rotatable bonds is 3. The van der Waals surface area contributed by atoms with Crippen LogP contribution in [0.15, 0.2) is 60.7 Å². The van der Waals surface area contributed by atoms with Crippen LogP contribution in [-0.2, 0) is 19.2 Å². The molecule has 3 aromatic rings. The van der Waals surface area contributed by atoms with E-state index in [0.717, 1.165) is 17.7 Å². The Kier molecular flexibility index (Phi) is 6.51. The largest absolute Gasteiger partial charge is 0.507 e. The van der Waals surface area contributed by atoms with E-state index < -0.39 is 80.9 Å². The van der Waals surface area contributed by atoms with Crippen molar-refractivity contribution in [1.82, 2.24) is 0 Å². The van der Waals surface area contributed by atoms with E-state index in [-0.39, 0.29) is 5.56 Å². The molecule has 44 heavy (non-hydrogen) atoms. The quantitative estimate of drug-likeness (QED) is 0.382. The SMILES string of the molecule is CC(=O)C1C(=O)C(C(C)C)[C@@]2(C)[C@H](O)[C@@]3(C)/C(=C/c4ccc5ccccc5c4)c4cccc(O)c4C(=O)C3C(=O)[C@@]2(O)C1=O. The van der Waals surface area contributed by atoms with E-state index in [1.807, 2.05) is 42.5 Å². The third kappa shape index (κ3) is 3.49. The number of carbonyl (C=O) groups excluding carboxylic acids is 5. The van der Waals surface area contributed by atoms with Gasteiger partial charge in [-0.3, -0.25) is 24.0 Å². The average Bonchev–Trinajstić information content (AvgIpc) is 2.96. The fourth-order valence-corrected chi connectivity index (χ4v) is 8.58. The van der Waals surface area contributed by atoms with Crippen molar-refractivity contribution in [3.8, 4) is 5.75 Å². The van der Waals surface area contributed by atoms with Crippen LogP contribution in [0.2, 0.25) is 0 Å². The summed E-state index contributed by atoms with van der Waals surface area (Å²) in [6, 6.07) is 17.9. The van der Waals surface area contributed by atoms with Crippen molar-refractivity contribution < 1.29 is 39.3 Å². The van der Waals surface area contributed by atoms with Gasteiger partial charge in [0.05, 0.1) is 17.6 Å². The highest BCUT2D eigenvalue weighted by Crippen LogP contribution is 2.66. The topological polar surface area (TPSA) is 146 Å². The molecular weight excluding hydrogens is 560 g/mol. The maximum atomic E-state index is 14.7. The Bertz CT molecular complexity index is 1850. The van der Waals surface area contributed by atoms with Crippen molar-refractivity contribution in [2.75, 3.05) is 0 Å². The summed E-state index contributed by atoms with van der Waals surface area (Å²) < 4.78 is 0. The van der Waals surface area contributed by atoms with Crippen molar-refractivity contribution in [1.29, 1.82) is 0 Å². The number of ketones is 5. The number of carbonyl (C=O) groups is 5. The highest BCUT2D eigenvalue weighted by atomic mass is 16.3. The highest BCUT2D eigenvalue weighted by molar-refractivity contribution is 6.34. The van der Waals surface area contributed by atoms with Crippen LogP contribution in [0.5, 0.6) is 5.75 Å². The molecule has 3 N–H and O–H groups in total. The van der Waals surface area contributed by atoms with E-state index >= 15 is 0 Å². The standard InChI is InChI=1S/C36H34O8/c1-17(2)27-29(39)25(18(3)37)31(41)36(44)32(42)28-30(40)26-22(11-8-12-24(26)38)23(34(28,4)33(43)35(27,36)5)16-19-13-14-20-9-6-7-10-21(20)15-19/h6-17,25,27-28,33,38,43-44H,1-5H3/b23-16+/t25?,27?,28?,33-,34+,35+,36+/m1/s1. The molecule has 2 saturated carbocycles. The second kappa shape index (κ2) is 9.61. The van der Waals surface area contributed by atoms with Crippen molar-refractivity contribution >= 4 is 51.3 Å². The normalized spacial score (nSPS) is 34.2. The molecule has 3 unspecified atom stereocenters. The van der Waals surface area contributed by atoms with Crippen LogP contribution in [0, 0.1) is 34.5 Å². The Morgan fingerprint density at radius 1 is 0.909 bits per heavy atom. The number of fused-ring (bicyclic) bond motifs is 4. The number of benzene rings is 3. The van der Waals surface area contributed by atoms with Gasteiger partial charge in [-0.1, -0.05) is 82.3 Å². The minimum absolute atomic E-state index is 0.169. The molecule has 0 heterocycles. The number of hydrogen-bond donors (Lipinski definition) is 3. The van der Waals surface area contributed by atoms with Gasteiger partial charge in [-0.2, -0.15) is 0 Å². The predicted molar refractivity (Wildman–Crippen MR) is 162 cm³/mol. The van der Waals surface area contributed by atoms with Crippen LogP contribution >= 0.6 is 0 Å². The molecule has 0 spiro atoms. The van der Waals surface area contributed by atoms with Crippen molar-refractivity contribution in [3.05, 3.63) is 77.4 Å². The minimum atomic E-state index is -3.03. The van der Waals surface area contributed by atoms with Crippen LogP contribution in [0.3, 0.4) is 0 Å². The van der Waals surface area contributed by atoms with E-state index in [2.05, 4.69) is 0 Å². The van der Waals surface area contributed by atoms with Crippen molar-refractivity contribution in [2.45, 2.75) is 46.3 Å². The van der Waals surface area contributed by atoms with Gasteiger partial charge in [0.1, 0.15) is 17.5 Å². The lowest BCUT2D eigenvalue weighted by Gasteiger charge is -2.64. The van der Waals surface area contributed by atoms with E-state index in [1.54, 1.807) is 32.1 Å². The zero-order valence-corrected chi connectivity index (χ0v) is 25.1. The lowest BCUT2D eigenvalue weighted by molar-refractivity contribution is -0.230. The Hall–Kier alpha value is -4.27. The second-order valence-corrected chi connectivity index (χ2v) is 13.2.